The molecule has 1 rings (SSSR count). The van der Waals surface area contributed by atoms with Gasteiger partial charge in [-0.25, -0.2) is 9.78 Å². The fourth-order valence-electron chi connectivity index (χ4n) is 0.987. The summed E-state index contributed by atoms with van der Waals surface area (Å²) < 4.78 is 41.3. The SMILES string of the molecule is COC(=O)c1ncc(C(F)(F)F)cc1N=[N+]=[N-]. The van der Waals surface area contributed by atoms with Gasteiger partial charge in [-0.2, -0.15) is 13.2 Å². The zero-order valence-corrected chi connectivity index (χ0v) is 8.39. The summed E-state index contributed by atoms with van der Waals surface area (Å²) in [6.07, 6.45) is -4.18. The zero-order valence-electron chi connectivity index (χ0n) is 8.39. The summed E-state index contributed by atoms with van der Waals surface area (Å²) >= 11 is 0. The molecule has 0 aliphatic heterocycles. The van der Waals surface area contributed by atoms with E-state index in [0.717, 1.165) is 7.11 Å². The second-order valence-electron chi connectivity index (χ2n) is 2.77. The average molecular weight is 246 g/mol. The van der Waals surface area contributed by atoms with Gasteiger partial charge in [0.1, 0.15) is 0 Å². The lowest BCUT2D eigenvalue weighted by Crippen LogP contribution is -2.09. The molecule has 0 N–H and O–H groups in total. The van der Waals surface area contributed by atoms with Crippen molar-refractivity contribution in [3.8, 4) is 0 Å². The van der Waals surface area contributed by atoms with Gasteiger partial charge in [0, 0.05) is 11.1 Å². The lowest BCUT2D eigenvalue weighted by Gasteiger charge is -2.08. The maximum absolute atomic E-state index is 12.3. The van der Waals surface area contributed by atoms with Crippen molar-refractivity contribution >= 4 is 11.7 Å². The lowest BCUT2D eigenvalue weighted by atomic mass is 10.2. The maximum Gasteiger partial charge on any atom is 0.417 e. The highest BCUT2D eigenvalue weighted by Crippen LogP contribution is 2.32. The molecule has 90 valence electrons. The van der Waals surface area contributed by atoms with Crippen molar-refractivity contribution in [3.63, 3.8) is 0 Å². The van der Waals surface area contributed by atoms with Crippen molar-refractivity contribution in [2.24, 2.45) is 5.11 Å². The number of alkyl halides is 3. The van der Waals surface area contributed by atoms with E-state index in [1.54, 1.807) is 0 Å². The van der Waals surface area contributed by atoms with Gasteiger partial charge in [0.05, 0.1) is 18.4 Å². The Morgan fingerprint density at radius 1 is 1.59 bits per heavy atom. The molecular weight excluding hydrogens is 241 g/mol. The molecule has 0 radical (unpaired) electrons. The third kappa shape index (κ3) is 2.85. The molecule has 0 fully saturated rings. The van der Waals surface area contributed by atoms with E-state index < -0.39 is 29.1 Å². The van der Waals surface area contributed by atoms with Crippen molar-refractivity contribution in [2.45, 2.75) is 6.18 Å². The topological polar surface area (TPSA) is 88.0 Å². The van der Waals surface area contributed by atoms with Crippen LogP contribution in [-0.2, 0) is 10.9 Å². The highest BCUT2D eigenvalue weighted by atomic mass is 19.4. The second kappa shape index (κ2) is 4.71. The molecule has 0 amide bonds. The molecule has 0 unspecified atom stereocenters. The van der Waals surface area contributed by atoms with E-state index in [1.165, 1.54) is 0 Å². The number of hydrogen-bond acceptors (Lipinski definition) is 4. The number of aromatic nitrogens is 1. The van der Waals surface area contributed by atoms with Crippen LogP contribution in [0.1, 0.15) is 16.1 Å². The van der Waals surface area contributed by atoms with Crippen LogP contribution >= 0.6 is 0 Å². The first kappa shape index (κ1) is 12.8. The largest absolute Gasteiger partial charge is 0.464 e. The van der Waals surface area contributed by atoms with Crippen LogP contribution in [0.3, 0.4) is 0 Å². The van der Waals surface area contributed by atoms with Gasteiger partial charge in [-0.3, -0.25) is 0 Å². The quantitative estimate of drug-likeness (QED) is 0.348. The van der Waals surface area contributed by atoms with Gasteiger partial charge in [0.25, 0.3) is 0 Å². The van der Waals surface area contributed by atoms with E-state index >= 15 is 0 Å². The summed E-state index contributed by atoms with van der Waals surface area (Å²) in [4.78, 5) is 16.7. The Balaban J connectivity index is 3.37. The van der Waals surface area contributed by atoms with Gasteiger partial charge in [-0.15, -0.1) is 0 Å². The van der Waals surface area contributed by atoms with Crippen molar-refractivity contribution in [1.29, 1.82) is 0 Å². The molecule has 1 aromatic rings. The fraction of sp³-hybridized carbons (Fsp3) is 0.250. The van der Waals surface area contributed by atoms with E-state index in [4.69, 9.17) is 5.53 Å². The van der Waals surface area contributed by atoms with Gasteiger partial charge in [0.2, 0.25) is 0 Å². The van der Waals surface area contributed by atoms with Crippen LogP contribution in [0, 0.1) is 0 Å². The van der Waals surface area contributed by atoms with Gasteiger partial charge in [0.15, 0.2) is 5.69 Å². The molecule has 0 spiro atoms. The smallest absolute Gasteiger partial charge is 0.417 e. The van der Waals surface area contributed by atoms with E-state index in [9.17, 15) is 18.0 Å². The molecule has 1 heterocycles. The van der Waals surface area contributed by atoms with E-state index in [-0.39, 0.29) is 0 Å². The van der Waals surface area contributed by atoms with Crippen molar-refractivity contribution in [2.75, 3.05) is 7.11 Å². The zero-order chi connectivity index (χ0) is 13.1. The van der Waals surface area contributed by atoms with Crippen LogP contribution < -0.4 is 0 Å². The lowest BCUT2D eigenvalue weighted by molar-refractivity contribution is -0.137. The predicted molar refractivity (Wildman–Crippen MR) is 49.4 cm³/mol. The van der Waals surface area contributed by atoms with Gasteiger partial charge in [-0.05, 0) is 11.6 Å². The summed E-state index contributed by atoms with van der Waals surface area (Å²) in [5, 5.41) is 2.97. The third-order valence-corrected chi connectivity index (χ3v) is 1.73. The molecular formula is C8H5F3N4O2. The number of pyridine rings is 1. The molecule has 0 aromatic carbocycles. The van der Waals surface area contributed by atoms with Gasteiger partial charge < -0.3 is 4.74 Å². The number of ether oxygens (including phenoxy) is 1. The maximum atomic E-state index is 12.3. The Morgan fingerprint density at radius 3 is 2.71 bits per heavy atom. The summed E-state index contributed by atoms with van der Waals surface area (Å²) in [7, 11) is 1.03. The standard InChI is InChI=1S/C8H5F3N4O2/c1-17-7(16)6-5(14-15-12)2-4(3-13-6)8(9,10)11/h2-3H,1H3. The first-order valence-electron chi connectivity index (χ1n) is 4.10. The van der Waals surface area contributed by atoms with Crippen LogP contribution in [0.5, 0.6) is 0 Å². The Labute approximate surface area is 92.7 Å². The molecule has 9 heteroatoms. The molecule has 0 aliphatic rings. The number of azide groups is 1. The number of rotatable bonds is 2. The normalized spacial score (nSPS) is 10.6. The van der Waals surface area contributed by atoms with E-state index in [2.05, 4.69) is 19.7 Å². The van der Waals surface area contributed by atoms with E-state index in [0.29, 0.717) is 12.3 Å². The minimum absolute atomic E-state index is 0.461. The average Bonchev–Trinajstić information content (AvgIpc) is 2.27. The minimum atomic E-state index is -4.64. The molecule has 0 saturated carbocycles. The van der Waals surface area contributed by atoms with Crippen LogP contribution in [0.25, 0.3) is 10.4 Å². The summed E-state index contributed by atoms with van der Waals surface area (Å²) in [6.45, 7) is 0. The number of methoxy groups -OCH3 is 1. The Kier molecular flexibility index (Phi) is 3.54. The monoisotopic (exact) mass is 246 g/mol. The molecule has 0 aliphatic carbocycles. The summed E-state index contributed by atoms with van der Waals surface area (Å²) in [5.74, 6) is -0.985. The van der Waals surface area contributed by atoms with Crippen LogP contribution in [0.4, 0.5) is 18.9 Å². The summed E-state index contributed by atoms with van der Waals surface area (Å²) in [5.41, 5.74) is 6.06. The fourth-order valence-corrected chi connectivity index (χ4v) is 0.987. The first-order chi connectivity index (χ1) is 7.90. The highest BCUT2D eigenvalue weighted by Gasteiger charge is 2.32. The number of halogens is 3. The predicted octanol–water partition coefficient (Wildman–Crippen LogP) is 2.83. The van der Waals surface area contributed by atoms with E-state index in [1.807, 2.05) is 0 Å². The Morgan fingerprint density at radius 2 is 2.24 bits per heavy atom. The molecule has 1 aromatic heterocycles. The number of hydrogen-bond donors (Lipinski definition) is 0. The minimum Gasteiger partial charge on any atom is -0.464 e. The molecule has 0 bridgehead atoms. The second-order valence-corrected chi connectivity index (χ2v) is 2.77. The molecule has 0 atom stereocenters. The summed E-state index contributed by atoms with van der Waals surface area (Å²) in [6, 6.07) is 0.527. The number of nitrogens with zero attached hydrogens (tertiary/aromatic N) is 4. The van der Waals surface area contributed by atoms with Crippen molar-refractivity contribution in [3.05, 3.63) is 34.0 Å². The van der Waals surface area contributed by atoms with Crippen LogP contribution in [0.2, 0.25) is 0 Å². The molecule has 17 heavy (non-hydrogen) atoms. The number of esters is 1. The number of carbonyl (C=O) groups excluding carboxylic acids is 1. The Bertz CT molecular complexity index is 494. The van der Waals surface area contributed by atoms with Gasteiger partial charge >= 0.3 is 12.1 Å². The highest BCUT2D eigenvalue weighted by molar-refractivity contribution is 5.92. The van der Waals surface area contributed by atoms with Crippen molar-refractivity contribution < 1.29 is 22.7 Å². The van der Waals surface area contributed by atoms with Gasteiger partial charge in [-0.1, -0.05) is 5.11 Å². The molecule has 0 saturated heterocycles. The van der Waals surface area contributed by atoms with Crippen LogP contribution in [0.15, 0.2) is 17.4 Å². The third-order valence-electron chi connectivity index (χ3n) is 1.73. The van der Waals surface area contributed by atoms with Crippen molar-refractivity contribution in [1.82, 2.24) is 4.98 Å². The number of carbonyl (C=O) groups is 1. The Hall–Kier alpha value is -2.28. The van der Waals surface area contributed by atoms with Crippen LogP contribution in [-0.4, -0.2) is 18.1 Å². The first-order valence-corrected chi connectivity index (χ1v) is 4.10. The molecule has 6 nitrogen and oxygen atoms in total.